The van der Waals surface area contributed by atoms with Gasteiger partial charge in [0.05, 0.1) is 17.2 Å². The number of nitrogens with zero attached hydrogens (tertiary/aromatic N) is 2. The van der Waals surface area contributed by atoms with Crippen LogP contribution >= 0.6 is 23.2 Å². The number of nitrogens with two attached hydrogens (primary N) is 1. The molecule has 0 spiro atoms. The summed E-state index contributed by atoms with van der Waals surface area (Å²) < 4.78 is 5.05. The van der Waals surface area contributed by atoms with Crippen LogP contribution in [0.2, 0.25) is 10.0 Å². The Morgan fingerprint density at radius 1 is 1.21 bits per heavy atom. The maximum atomic E-state index is 6.13. The molecule has 0 aliphatic rings. The standard InChI is InChI=1S/C13H13Cl2N3O/c1-19-13-6-9(17-7-18-13)5-12(16)8-2-3-10(14)11(15)4-8/h2-4,6-7,12H,5,16H2,1H3. The van der Waals surface area contributed by atoms with Gasteiger partial charge in [0, 0.05) is 24.2 Å². The molecule has 1 atom stereocenters. The largest absolute Gasteiger partial charge is 0.481 e. The second-order valence-electron chi connectivity index (χ2n) is 4.04. The third kappa shape index (κ3) is 3.56. The minimum atomic E-state index is -0.214. The van der Waals surface area contributed by atoms with Crippen LogP contribution in [-0.4, -0.2) is 17.1 Å². The lowest BCUT2D eigenvalue weighted by molar-refractivity contribution is 0.395. The number of hydrogen-bond acceptors (Lipinski definition) is 4. The molecule has 4 nitrogen and oxygen atoms in total. The van der Waals surface area contributed by atoms with Gasteiger partial charge in [-0.3, -0.25) is 0 Å². The van der Waals surface area contributed by atoms with Gasteiger partial charge < -0.3 is 10.5 Å². The van der Waals surface area contributed by atoms with Crippen molar-refractivity contribution in [2.24, 2.45) is 5.73 Å². The quantitative estimate of drug-likeness (QED) is 0.942. The van der Waals surface area contributed by atoms with E-state index in [0.29, 0.717) is 22.3 Å². The summed E-state index contributed by atoms with van der Waals surface area (Å²) >= 11 is 11.9. The number of methoxy groups -OCH3 is 1. The van der Waals surface area contributed by atoms with Gasteiger partial charge in [-0.15, -0.1) is 0 Å². The molecular formula is C13H13Cl2N3O. The van der Waals surface area contributed by atoms with E-state index >= 15 is 0 Å². The molecule has 6 heteroatoms. The Hall–Kier alpha value is -1.36. The fraction of sp³-hybridized carbons (Fsp3) is 0.231. The van der Waals surface area contributed by atoms with Crippen LogP contribution in [0.15, 0.2) is 30.6 Å². The second-order valence-corrected chi connectivity index (χ2v) is 4.85. The molecule has 2 N–H and O–H groups in total. The van der Waals surface area contributed by atoms with Gasteiger partial charge in [0.25, 0.3) is 0 Å². The van der Waals surface area contributed by atoms with Crippen LogP contribution in [0.3, 0.4) is 0 Å². The van der Waals surface area contributed by atoms with E-state index in [1.54, 1.807) is 25.3 Å². The zero-order valence-electron chi connectivity index (χ0n) is 10.3. The predicted molar refractivity (Wildman–Crippen MR) is 75.7 cm³/mol. The summed E-state index contributed by atoms with van der Waals surface area (Å²) in [5, 5.41) is 1.01. The number of ether oxygens (including phenoxy) is 1. The van der Waals surface area contributed by atoms with Crippen molar-refractivity contribution in [1.82, 2.24) is 9.97 Å². The molecule has 0 aliphatic heterocycles. The SMILES string of the molecule is COc1cc(CC(N)c2ccc(Cl)c(Cl)c2)ncn1. The lowest BCUT2D eigenvalue weighted by Gasteiger charge is -2.12. The van der Waals surface area contributed by atoms with E-state index < -0.39 is 0 Å². The molecule has 1 aromatic heterocycles. The number of hydrogen-bond donors (Lipinski definition) is 1. The first-order valence-electron chi connectivity index (χ1n) is 5.65. The van der Waals surface area contributed by atoms with Crippen LogP contribution in [0, 0.1) is 0 Å². The van der Waals surface area contributed by atoms with E-state index in [1.165, 1.54) is 6.33 Å². The van der Waals surface area contributed by atoms with Gasteiger partial charge in [-0.25, -0.2) is 9.97 Å². The molecule has 100 valence electrons. The zero-order chi connectivity index (χ0) is 13.8. The van der Waals surface area contributed by atoms with E-state index in [0.717, 1.165) is 11.3 Å². The Bertz CT molecular complexity index is 578. The van der Waals surface area contributed by atoms with Crippen molar-refractivity contribution in [2.75, 3.05) is 7.11 Å². The fourth-order valence-corrected chi connectivity index (χ4v) is 1.99. The average molecular weight is 298 g/mol. The van der Waals surface area contributed by atoms with Crippen molar-refractivity contribution in [2.45, 2.75) is 12.5 Å². The molecule has 0 radical (unpaired) electrons. The maximum Gasteiger partial charge on any atom is 0.216 e. The summed E-state index contributed by atoms with van der Waals surface area (Å²) in [6, 6.07) is 6.91. The molecule has 2 rings (SSSR count). The first-order chi connectivity index (χ1) is 9.10. The first-order valence-corrected chi connectivity index (χ1v) is 6.41. The van der Waals surface area contributed by atoms with Crippen molar-refractivity contribution in [3.63, 3.8) is 0 Å². The van der Waals surface area contributed by atoms with E-state index in [-0.39, 0.29) is 6.04 Å². The molecule has 0 fully saturated rings. The number of benzene rings is 1. The van der Waals surface area contributed by atoms with Crippen LogP contribution in [-0.2, 0) is 6.42 Å². The Kier molecular flexibility index (Phi) is 4.58. The summed E-state index contributed by atoms with van der Waals surface area (Å²) in [5.74, 6) is 0.520. The van der Waals surface area contributed by atoms with E-state index in [4.69, 9.17) is 33.7 Å². The molecule has 1 unspecified atom stereocenters. The fourth-order valence-electron chi connectivity index (χ4n) is 1.69. The molecule has 2 aromatic rings. The highest BCUT2D eigenvalue weighted by atomic mass is 35.5. The molecule has 0 aliphatic carbocycles. The van der Waals surface area contributed by atoms with Gasteiger partial charge >= 0.3 is 0 Å². The summed E-state index contributed by atoms with van der Waals surface area (Å²) in [5.41, 5.74) is 7.85. The van der Waals surface area contributed by atoms with E-state index in [9.17, 15) is 0 Å². The molecule has 0 amide bonds. The molecule has 1 aromatic carbocycles. The molecule has 19 heavy (non-hydrogen) atoms. The highest BCUT2D eigenvalue weighted by Gasteiger charge is 2.10. The van der Waals surface area contributed by atoms with E-state index in [1.807, 2.05) is 6.07 Å². The van der Waals surface area contributed by atoms with Crippen molar-refractivity contribution in [3.8, 4) is 5.88 Å². The van der Waals surface area contributed by atoms with Gasteiger partial charge in [0.1, 0.15) is 6.33 Å². The number of rotatable bonds is 4. The Morgan fingerprint density at radius 2 is 2.00 bits per heavy atom. The maximum absolute atomic E-state index is 6.13. The summed E-state index contributed by atoms with van der Waals surface area (Å²) in [4.78, 5) is 8.11. The molecule has 0 saturated carbocycles. The van der Waals surface area contributed by atoms with Crippen molar-refractivity contribution in [3.05, 3.63) is 51.9 Å². The Balaban J connectivity index is 2.15. The molecular weight excluding hydrogens is 285 g/mol. The first kappa shape index (κ1) is 14.1. The summed E-state index contributed by atoms with van der Waals surface area (Å²) in [6.07, 6.45) is 2.02. The second kappa shape index (κ2) is 6.19. The van der Waals surface area contributed by atoms with Crippen LogP contribution in [0.1, 0.15) is 17.3 Å². The van der Waals surface area contributed by atoms with Crippen LogP contribution in [0.5, 0.6) is 5.88 Å². The minimum Gasteiger partial charge on any atom is -0.481 e. The third-order valence-corrected chi connectivity index (χ3v) is 3.45. The third-order valence-electron chi connectivity index (χ3n) is 2.71. The monoisotopic (exact) mass is 297 g/mol. The normalized spacial score (nSPS) is 12.2. The predicted octanol–water partition coefficient (Wildman–Crippen LogP) is 3.03. The molecule has 0 saturated heterocycles. The highest BCUT2D eigenvalue weighted by Crippen LogP contribution is 2.26. The highest BCUT2D eigenvalue weighted by molar-refractivity contribution is 6.42. The summed E-state index contributed by atoms with van der Waals surface area (Å²) in [7, 11) is 1.56. The van der Waals surface area contributed by atoms with Crippen LogP contribution in [0.25, 0.3) is 0 Å². The van der Waals surface area contributed by atoms with Gasteiger partial charge in [0.2, 0.25) is 5.88 Å². The Labute approximate surface area is 121 Å². The average Bonchev–Trinajstić information content (AvgIpc) is 2.42. The minimum absolute atomic E-state index is 0.214. The van der Waals surface area contributed by atoms with Crippen molar-refractivity contribution in [1.29, 1.82) is 0 Å². The number of aromatic nitrogens is 2. The van der Waals surface area contributed by atoms with Gasteiger partial charge in [-0.05, 0) is 17.7 Å². The van der Waals surface area contributed by atoms with Gasteiger partial charge in [0.15, 0.2) is 0 Å². The van der Waals surface area contributed by atoms with Crippen LogP contribution in [0.4, 0.5) is 0 Å². The van der Waals surface area contributed by atoms with Gasteiger partial charge in [-0.2, -0.15) is 0 Å². The van der Waals surface area contributed by atoms with Crippen LogP contribution < -0.4 is 10.5 Å². The lowest BCUT2D eigenvalue weighted by atomic mass is 10.0. The smallest absolute Gasteiger partial charge is 0.216 e. The Morgan fingerprint density at radius 3 is 2.68 bits per heavy atom. The lowest BCUT2D eigenvalue weighted by Crippen LogP contribution is -2.14. The number of halogens is 2. The van der Waals surface area contributed by atoms with Gasteiger partial charge in [-0.1, -0.05) is 29.3 Å². The zero-order valence-corrected chi connectivity index (χ0v) is 11.8. The molecule has 0 bridgehead atoms. The van der Waals surface area contributed by atoms with Crippen molar-refractivity contribution >= 4 is 23.2 Å². The topological polar surface area (TPSA) is 61.0 Å². The molecule has 1 heterocycles. The van der Waals surface area contributed by atoms with E-state index in [2.05, 4.69) is 9.97 Å². The van der Waals surface area contributed by atoms with Crippen molar-refractivity contribution < 1.29 is 4.74 Å². The summed E-state index contributed by atoms with van der Waals surface area (Å²) in [6.45, 7) is 0.